The third-order valence-corrected chi connectivity index (χ3v) is 5.19. The fourth-order valence-corrected chi connectivity index (χ4v) is 3.80. The molecule has 1 aliphatic heterocycles. The molecule has 0 bridgehead atoms. The fraction of sp³-hybridized carbons (Fsp3) is 0.400. The lowest BCUT2D eigenvalue weighted by Crippen LogP contribution is -2.48. The van der Waals surface area contributed by atoms with Crippen molar-refractivity contribution in [1.29, 1.82) is 0 Å². The van der Waals surface area contributed by atoms with Crippen molar-refractivity contribution in [2.45, 2.75) is 26.2 Å². The average Bonchev–Trinajstić information content (AvgIpc) is 3.00. The number of hydrogen-bond acceptors (Lipinski definition) is 4. The largest absolute Gasteiger partial charge is 0.455 e. The standard InChI is InChI=1S/C20H22N2O3/c1-14-18-16(23)8-5-9-17(18)25-19(14)20(24)22-12-10-21(11-13-22)15-6-3-2-4-7-15/h2-4,6-7H,5,8-13H2,1H3. The molecule has 0 radical (unpaired) electrons. The van der Waals surface area contributed by atoms with E-state index >= 15 is 0 Å². The second kappa shape index (κ2) is 6.39. The highest BCUT2D eigenvalue weighted by Crippen LogP contribution is 2.30. The van der Waals surface area contributed by atoms with Gasteiger partial charge < -0.3 is 14.2 Å². The molecule has 1 amide bonds. The summed E-state index contributed by atoms with van der Waals surface area (Å²) < 4.78 is 5.81. The summed E-state index contributed by atoms with van der Waals surface area (Å²) in [7, 11) is 0. The maximum atomic E-state index is 12.9. The molecule has 4 rings (SSSR count). The number of benzene rings is 1. The molecular formula is C20H22N2O3. The van der Waals surface area contributed by atoms with Crippen LogP contribution in [0.5, 0.6) is 0 Å². The highest BCUT2D eigenvalue weighted by molar-refractivity contribution is 6.03. The number of amides is 1. The van der Waals surface area contributed by atoms with Crippen LogP contribution >= 0.6 is 0 Å². The smallest absolute Gasteiger partial charge is 0.289 e. The molecule has 1 aliphatic carbocycles. The quantitative estimate of drug-likeness (QED) is 0.844. The number of ketones is 1. The molecule has 5 nitrogen and oxygen atoms in total. The van der Waals surface area contributed by atoms with Crippen LogP contribution in [0, 0.1) is 6.92 Å². The number of carbonyl (C=O) groups is 2. The average molecular weight is 338 g/mol. The Hall–Kier alpha value is -2.56. The summed E-state index contributed by atoms with van der Waals surface area (Å²) in [6.07, 6.45) is 2.11. The van der Waals surface area contributed by atoms with Gasteiger partial charge in [-0.15, -0.1) is 0 Å². The van der Waals surface area contributed by atoms with Crippen LogP contribution in [0.1, 0.15) is 45.1 Å². The Morgan fingerprint density at radius 2 is 1.76 bits per heavy atom. The van der Waals surface area contributed by atoms with Crippen molar-refractivity contribution in [2.75, 3.05) is 31.1 Å². The van der Waals surface area contributed by atoms with Crippen molar-refractivity contribution in [3.63, 3.8) is 0 Å². The van der Waals surface area contributed by atoms with Crippen LogP contribution in [0.25, 0.3) is 0 Å². The van der Waals surface area contributed by atoms with Gasteiger partial charge in [0.2, 0.25) is 0 Å². The summed E-state index contributed by atoms with van der Waals surface area (Å²) in [6.45, 7) is 4.75. The van der Waals surface area contributed by atoms with Gasteiger partial charge >= 0.3 is 0 Å². The first-order valence-corrected chi connectivity index (χ1v) is 8.90. The van der Waals surface area contributed by atoms with E-state index < -0.39 is 0 Å². The van der Waals surface area contributed by atoms with E-state index in [9.17, 15) is 9.59 Å². The Morgan fingerprint density at radius 3 is 2.44 bits per heavy atom. The summed E-state index contributed by atoms with van der Waals surface area (Å²) in [6, 6.07) is 10.2. The molecule has 1 saturated heterocycles. The molecule has 0 unspecified atom stereocenters. The Kier molecular flexibility index (Phi) is 4.07. The van der Waals surface area contributed by atoms with Gasteiger partial charge in [0.1, 0.15) is 5.76 Å². The summed E-state index contributed by atoms with van der Waals surface area (Å²) in [4.78, 5) is 29.1. The van der Waals surface area contributed by atoms with Gasteiger partial charge in [0.25, 0.3) is 5.91 Å². The monoisotopic (exact) mass is 338 g/mol. The Morgan fingerprint density at radius 1 is 1.04 bits per heavy atom. The van der Waals surface area contributed by atoms with Gasteiger partial charge in [-0.05, 0) is 25.5 Å². The Bertz CT molecular complexity index is 802. The van der Waals surface area contributed by atoms with Crippen LogP contribution in [0.3, 0.4) is 0 Å². The van der Waals surface area contributed by atoms with E-state index in [-0.39, 0.29) is 11.7 Å². The molecule has 0 atom stereocenters. The fourth-order valence-electron chi connectivity index (χ4n) is 3.80. The van der Waals surface area contributed by atoms with Gasteiger partial charge in [0.05, 0.1) is 5.56 Å². The predicted octanol–water partition coefficient (Wildman–Crippen LogP) is 3.07. The van der Waals surface area contributed by atoms with Gasteiger partial charge in [-0.1, -0.05) is 18.2 Å². The summed E-state index contributed by atoms with van der Waals surface area (Å²) >= 11 is 0. The van der Waals surface area contributed by atoms with Crippen LogP contribution < -0.4 is 4.90 Å². The summed E-state index contributed by atoms with van der Waals surface area (Å²) in [5.41, 5.74) is 2.55. The van der Waals surface area contributed by atoms with Gasteiger partial charge in [0.15, 0.2) is 11.5 Å². The van der Waals surface area contributed by atoms with Gasteiger partial charge in [-0.2, -0.15) is 0 Å². The number of aryl methyl sites for hydroxylation is 1. The number of anilines is 1. The molecule has 1 aromatic heterocycles. The zero-order chi connectivity index (χ0) is 17.4. The molecule has 2 aliphatic rings. The summed E-state index contributed by atoms with van der Waals surface area (Å²) in [5, 5.41) is 0. The van der Waals surface area contributed by atoms with Crippen molar-refractivity contribution < 1.29 is 14.0 Å². The van der Waals surface area contributed by atoms with Crippen LogP contribution in [0.2, 0.25) is 0 Å². The molecule has 1 aromatic carbocycles. The predicted molar refractivity (Wildman–Crippen MR) is 95.3 cm³/mol. The molecule has 0 spiro atoms. The van der Waals surface area contributed by atoms with Crippen LogP contribution in [-0.2, 0) is 6.42 Å². The number of furan rings is 1. The minimum absolute atomic E-state index is 0.0904. The van der Waals surface area contributed by atoms with Gasteiger partial charge in [-0.25, -0.2) is 0 Å². The maximum absolute atomic E-state index is 12.9. The normalized spacial score (nSPS) is 17.6. The van der Waals surface area contributed by atoms with Crippen molar-refractivity contribution in [2.24, 2.45) is 0 Å². The summed E-state index contributed by atoms with van der Waals surface area (Å²) in [5.74, 6) is 1.07. The van der Waals surface area contributed by atoms with Crippen LogP contribution in [0.4, 0.5) is 5.69 Å². The molecule has 0 N–H and O–H groups in total. The van der Waals surface area contributed by atoms with E-state index in [1.54, 1.807) is 0 Å². The lowest BCUT2D eigenvalue weighted by Gasteiger charge is -2.35. The van der Waals surface area contributed by atoms with Crippen molar-refractivity contribution in [1.82, 2.24) is 4.90 Å². The number of para-hydroxylation sites is 1. The topological polar surface area (TPSA) is 53.8 Å². The highest BCUT2D eigenvalue weighted by atomic mass is 16.4. The van der Waals surface area contributed by atoms with Crippen LogP contribution in [0.15, 0.2) is 34.7 Å². The third-order valence-electron chi connectivity index (χ3n) is 5.19. The Balaban J connectivity index is 1.49. The third kappa shape index (κ3) is 2.84. The van der Waals surface area contributed by atoms with E-state index in [1.807, 2.05) is 30.0 Å². The molecule has 0 saturated carbocycles. The van der Waals surface area contributed by atoms with Crippen molar-refractivity contribution in [3.05, 3.63) is 53.0 Å². The number of piperazine rings is 1. The number of Topliss-reactive ketones (excluding diaryl/α,β-unsaturated/α-hetero) is 1. The van der Waals surface area contributed by atoms with E-state index in [0.29, 0.717) is 36.6 Å². The lowest BCUT2D eigenvalue weighted by molar-refractivity contribution is 0.0711. The van der Waals surface area contributed by atoms with E-state index in [4.69, 9.17) is 4.42 Å². The molecule has 25 heavy (non-hydrogen) atoms. The van der Waals surface area contributed by atoms with Crippen LogP contribution in [-0.4, -0.2) is 42.8 Å². The minimum Gasteiger partial charge on any atom is -0.455 e. The first kappa shape index (κ1) is 15.9. The number of fused-ring (bicyclic) bond motifs is 1. The van der Waals surface area contributed by atoms with Crippen molar-refractivity contribution in [3.8, 4) is 0 Å². The number of carbonyl (C=O) groups excluding carboxylic acids is 2. The van der Waals surface area contributed by atoms with E-state index in [2.05, 4.69) is 17.0 Å². The van der Waals surface area contributed by atoms with Crippen molar-refractivity contribution >= 4 is 17.4 Å². The molecular weight excluding hydrogens is 316 g/mol. The molecule has 2 heterocycles. The van der Waals surface area contributed by atoms with E-state index in [1.165, 1.54) is 5.69 Å². The number of nitrogens with zero attached hydrogens (tertiary/aromatic N) is 2. The van der Waals surface area contributed by atoms with E-state index in [0.717, 1.165) is 31.5 Å². The second-order valence-electron chi connectivity index (χ2n) is 6.75. The molecule has 2 aromatic rings. The number of rotatable bonds is 2. The molecule has 130 valence electrons. The zero-order valence-corrected chi connectivity index (χ0v) is 14.5. The SMILES string of the molecule is Cc1c(C(=O)N2CCN(c3ccccc3)CC2)oc2c1C(=O)CCC2. The first-order chi connectivity index (χ1) is 12.1. The van der Waals surface area contributed by atoms with Gasteiger partial charge in [0, 0.05) is 50.3 Å². The highest BCUT2D eigenvalue weighted by Gasteiger charge is 2.31. The lowest BCUT2D eigenvalue weighted by atomic mass is 9.94. The zero-order valence-electron chi connectivity index (χ0n) is 14.5. The molecule has 5 heteroatoms. The first-order valence-electron chi connectivity index (χ1n) is 8.90. The minimum atomic E-state index is -0.0904. The Labute approximate surface area is 147 Å². The number of hydrogen-bond donors (Lipinski definition) is 0. The van der Waals surface area contributed by atoms with Gasteiger partial charge in [-0.3, -0.25) is 9.59 Å². The second-order valence-corrected chi connectivity index (χ2v) is 6.75. The molecule has 1 fully saturated rings. The maximum Gasteiger partial charge on any atom is 0.289 e.